The number of carbonyl (C=O) groups excluding carboxylic acids is 2. The van der Waals surface area contributed by atoms with Gasteiger partial charge in [-0.1, -0.05) is 6.07 Å². The Kier molecular flexibility index (Phi) is 3.98. The van der Waals surface area contributed by atoms with Gasteiger partial charge in [-0.2, -0.15) is 0 Å². The highest BCUT2D eigenvalue weighted by atomic mass is 16.6. The standard InChI is InChI=1S/C15H15N3O3/c1-15(2,11-5-3-4-8-17-11)13(19)10-6-7-12(18-9-10)21-14(16)20/h3-9H,1-2H3,(H2,16,20). The Morgan fingerprint density at radius 3 is 2.43 bits per heavy atom. The van der Waals surface area contributed by atoms with Crippen molar-refractivity contribution >= 4 is 11.9 Å². The van der Waals surface area contributed by atoms with Crippen LogP contribution in [-0.2, 0) is 5.41 Å². The van der Waals surface area contributed by atoms with Crippen LogP contribution in [0.4, 0.5) is 4.79 Å². The Morgan fingerprint density at radius 2 is 1.90 bits per heavy atom. The molecule has 0 radical (unpaired) electrons. The third kappa shape index (κ3) is 3.22. The Labute approximate surface area is 122 Å². The number of carbonyl (C=O) groups is 2. The van der Waals surface area contributed by atoms with Gasteiger partial charge in [-0.3, -0.25) is 9.78 Å². The number of Topliss-reactive ketones (excluding diaryl/α,β-unsaturated/α-hetero) is 1. The van der Waals surface area contributed by atoms with Gasteiger partial charge in [0.15, 0.2) is 5.78 Å². The minimum absolute atomic E-state index is 0.0506. The van der Waals surface area contributed by atoms with E-state index in [4.69, 9.17) is 5.73 Å². The van der Waals surface area contributed by atoms with Crippen molar-refractivity contribution in [2.45, 2.75) is 19.3 Å². The van der Waals surface area contributed by atoms with Gasteiger partial charge in [-0.25, -0.2) is 9.78 Å². The lowest BCUT2D eigenvalue weighted by Crippen LogP contribution is -2.30. The van der Waals surface area contributed by atoms with Gasteiger partial charge in [-0.15, -0.1) is 0 Å². The summed E-state index contributed by atoms with van der Waals surface area (Å²) in [6, 6.07) is 8.39. The predicted molar refractivity (Wildman–Crippen MR) is 76.0 cm³/mol. The van der Waals surface area contributed by atoms with Crippen LogP contribution in [0.5, 0.6) is 5.88 Å². The maximum absolute atomic E-state index is 12.6. The average molecular weight is 285 g/mol. The van der Waals surface area contributed by atoms with E-state index in [2.05, 4.69) is 14.7 Å². The summed E-state index contributed by atoms with van der Waals surface area (Å²) >= 11 is 0. The van der Waals surface area contributed by atoms with Gasteiger partial charge in [0.25, 0.3) is 0 Å². The maximum Gasteiger partial charge on any atom is 0.411 e. The van der Waals surface area contributed by atoms with Crippen molar-refractivity contribution in [3.05, 3.63) is 54.0 Å². The van der Waals surface area contributed by atoms with Crippen LogP contribution in [0.1, 0.15) is 29.9 Å². The molecular weight excluding hydrogens is 270 g/mol. The van der Waals surface area contributed by atoms with Crippen LogP contribution >= 0.6 is 0 Å². The fourth-order valence-corrected chi connectivity index (χ4v) is 1.89. The van der Waals surface area contributed by atoms with E-state index in [-0.39, 0.29) is 11.7 Å². The quantitative estimate of drug-likeness (QED) is 0.868. The summed E-state index contributed by atoms with van der Waals surface area (Å²) in [4.78, 5) is 31.3. The van der Waals surface area contributed by atoms with Gasteiger partial charge < -0.3 is 10.5 Å². The van der Waals surface area contributed by atoms with E-state index in [1.54, 1.807) is 32.2 Å². The van der Waals surface area contributed by atoms with Crippen molar-refractivity contribution in [3.8, 4) is 5.88 Å². The summed E-state index contributed by atoms with van der Waals surface area (Å²) in [5.74, 6) is -0.0750. The molecule has 1 amide bonds. The molecule has 0 spiro atoms. The number of amides is 1. The number of hydrogen-bond donors (Lipinski definition) is 1. The number of nitrogens with zero attached hydrogens (tertiary/aromatic N) is 2. The molecule has 0 fully saturated rings. The smallest absolute Gasteiger partial charge is 0.391 e. The molecule has 2 heterocycles. The van der Waals surface area contributed by atoms with Gasteiger partial charge in [0.05, 0.1) is 11.1 Å². The van der Waals surface area contributed by atoms with Crippen LogP contribution in [0.25, 0.3) is 0 Å². The van der Waals surface area contributed by atoms with Gasteiger partial charge >= 0.3 is 6.09 Å². The van der Waals surface area contributed by atoms with Crippen molar-refractivity contribution in [2.75, 3.05) is 0 Å². The van der Waals surface area contributed by atoms with Crippen molar-refractivity contribution in [3.63, 3.8) is 0 Å². The fourth-order valence-electron chi connectivity index (χ4n) is 1.89. The van der Waals surface area contributed by atoms with Crippen molar-refractivity contribution in [2.24, 2.45) is 5.73 Å². The molecule has 0 saturated heterocycles. The van der Waals surface area contributed by atoms with E-state index < -0.39 is 11.5 Å². The van der Waals surface area contributed by atoms with E-state index in [1.165, 1.54) is 18.3 Å². The van der Waals surface area contributed by atoms with Gasteiger partial charge in [0.2, 0.25) is 5.88 Å². The number of nitrogens with two attached hydrogens (primary N) is 1. The second kappa shape index (κ2) is 5.70. The Bertz CT molecular complexity index is 652. The molecule has 2 rings (SSSR count). The number of ketones is 1. The summed E-state index contributed by atoms with van der Waals surface area (Å²) < 4.78 is 4.62. The Balaban J connectivity index is 2.25. The summed E-state index contributed by atoms with van der Waals surface area (Å²) in [7, 11) is 0. The van der Waals surface area contributed by atoms with E-state index in [9.17, 15) is 9.59 Å². The third-order valence-corrected chi connectivity index (χ3v) is 3.08. The highest BCUT2D eigenvalue weighted by Gasteiger charge is 2.32. The second-order valence-corrected chi connectivity index (χ2v) is 4.98. The van der Waals surface area contributed by atoms with Gasteiger partial charge in [0, 0.05) is 24.0 Å². The minimum Gasteiger partial charge on any atom is -0.391 e. The molecule has 0 bridgehead atoms. The molecular formula is C15H15N3O3. The number of hydrogen-bond acceptors (Lipinski definition) is 5. The van der Waals surface area contributed by atoms with Crippen molar-refractivity contribution in [1.29, 1.82) is 0 Å². The molecule has 2 N–H and O–H groups in total. The number of ether oxygens (including phenoxy) is 1. The molecule has 2 aromatic heterocycles. The molecule has 108 valence electrons. The zero-order chi connectivity index (χ0) is 15.5. The fraction of sp³-hybridized carbons (Fsp3) is 0.200. The molecule has 0 saturated carbocycles. The highest BCUT2D eigenvalue weighted by Crippen LogP contribution is 2.26. The minimum atomic E-state index is -0.949. The SMILES string of the molecule is CC(C)(C(=O)c1ccc(OC(N)=O)nc1)c1ccccn1. The van der Waals surface area contributed by atoms with E-state index in [0.717, 1.165) is 0 Å². The summed E-state index contributed by atoms with van der Waals surface area (Å²) in [6.07, 6.45) is 2.05. The maximum atomic E-state index is 12.6. The molecule has 0 aromatic carbocycles. The highest BCUT2D eigenvalue weighted by molar-refractivity contribution is 6.03. The average Bonchev–Trinajstić information content (AvgIpc) is 2.47. The topological polar surface area (TPSA) is 95.2 Å². The van der Waals surface area contributed by atoms with Crippen LogP contribution in [0.15, 0.2) is 42.7 Å². The largest absolute Gasteiger partial charge is 0.411 e. The van der Waals surface area contributed by atoms with Gasteiger partial charge in [0.1, 0.15) is 0 Å². The molecule has 0 atom stereocenters. The summed E-state index contributed by atoms with van der Waals surface area (Å²) in [5.41, 5.74) is 5.19. The third-order valence-electron chi connectivity index (χ3n) is 3.08. The van der Waals surface area contributed by atoms with Crippen LogP contribution in [-0.4, -0.2) is 21.8 Å². The van der Waals surface area contributed by atoms with Crippen molar-refractivity contribution in [1.82, 2.24) is 9.97 Å². The van der Waals surface area contributed by atoms with E-state index in [0.29, 0.717) is 11.3 Å². The first-order valence-corrected chi connectivity index (χ1v) is 6.31. The predicted octanol–water partition coefficient (Wildman–Crippen LogP) is 2.09. The van der Waals surface area contributed by atoms with E-state index in [1.807, 2.05) is 6.07 Å². The number of pyridine rings is 2. The monoisotopic (exact) mass is 285 g/mol. The zero-order valence-electron chi connectivity index (χ0n) is 11.7. The molecule has 6 nitrogen and oxygen atoms in total. The zero-order valence-corrected chi connectivity index (χ0v) is 11.7. The van der Waals surface area contributed by atoms with Gasteiger partial charge in [-0.05, 0) is 32.0 Å². The first-order valence-electron chi connectivity index (χ1n) is 6.31. The van der Waals surface area contributed by atoms with Crippen LogP contribution < -0.4 is 10.5 Å². The van der Waals surface area contributed by atoms with Crippen LogP contribution in [0, 0.1) is 0 Å². The molecule has 0 aliphatic rings. The normalized spacial score (nSPS) is 11.0. The lowest BCUT2D eigenvalue weighted by molar-refractivity contribution is 0.0905. The van der Waals surface area contributed by atoms with Crippen LogP contribution in [0.3, 0.4) is 0 Å². The summed E-state index contributed by atoms with van der Waals surface area (Å²) in [6.45, 7) is 3.59. The summed E-state index contributed by atoms with van der Waals surface area (Å²) in [5, 5.41) is 0. The first-order chi connectivity index (χ1) is 9.91. The second-order valence-electron chi connectivity index (χ2n) is 4.98. The van der Waals surface area contributed by atoms with E-state index >= 15 is 0 Å². The molecule has 2 aromatic rings. The Morgan fingerprint density at radius 1 is 1.14 bits per heavy atom. The number of aromatic nitrogens is 2. The first kappa shape index (κ1) is 14.6. The lowest BCUT2D eigenvalue weighted by Gasteiger charge is -2.22. The lowest BCUT2D eigenvalue weighted by atomic mass is 9.81. The molecule has 0 unspecified atom stereocenters. The molecule has 0 aliphatic heterocycles. The van der Waals surface area contributed by atoms with Crippen LogP contribution in [0.2, 0.25) is 0 Å². The molecule has 0 aliphatic carbocycles. The number of primary amides is 1. The number of rotatable bonds is 4. The van der Waals surface area contributed by atoms with Crippen molar-refractivity contribution < 1.29 is 14.3 Å². The molecule has 6 heteroatoms. The Hall–Kier alpha value is -2.76. The molecule has 21 heavy (non-hydrogen) atoms.